The molecule has 4 heteroatoms. The van der Waals surface area contributed by atoms with Gasteiger partial charge in [0.2, 0.25) is 5.91 Å². The van der Waals surface area contributed by atoms with Crippen LogP contribution in [0.2, 0.25) is 0 Å². The van der Waals surface area contributed by atoms with Crippen molar-refractivity contribution in [1.82, 2.24) is 4.90 Å². The number of carbonyl (C=O) groups is 1. The maximum absolute atomic E-state index is 12.6. The molecule has 1 aliphatic heterocycles. The fourth-order valence-electron chi connectivity index (χ4n) is 3.71. The van der Waals surface area contributed by atoms with Crippen molar-refractivity contribution in [3.8, 4) is 5.75 Å². The van der Waals surface area contributed by atoms with Crippen LogP contribution in [0.1, 0.15) is 44.1 Å². The van der Waals surface area contributed by atoms with E-state index in [1.54, 1.807) is 7.11 Å². The first kappa shape index (κ1) is 15.3. The molecule has 1 aliphatic carbocycles. The molecule has 2 fully saturated rings. The average molecular weight is 302 g/mol. The summed E-state index contributed by atoms with van der Waals surface area (Å²) in [6, 6.07) is 8.37. The first-order valence-electron chi connectivity index (χ1n) is 8.31. The molecule has 2 N–H and O–H groups in total. The van der Waals surface area contributed by atoms with E-state index >= 15 is 0 Å². The number of hydrogen-bond donors (Lipinski definition) is 1. The van der Waals surface area contributed by atoms with Crippen molar-refractivity contribution in [2.75, 3.05) is 13.7 Å². The Hall–Kier alpha value is -1.55. The van der Waals surface area contributed by atoms with E-state index in [0.29, 0.717) is 6.42 Å². The summed E-state index contributed by atoms with van der Waals surface area (Å²) in [7, 11) is 1.70. The number of hydrogen-bond acceptors (Lipinski definition) is 3. The highest BCUT2D eigenvalue weighted by Crippen LogP contribution is 2.34. The van der Waals surface area contributed by atoms with E-state index in [1.165, 1.54) is 5.56 Å². The molecule has 1 amide bonds. The Bertz CT molecular complexity index is 540. The summed E-state index contributed by atoms with van der Waals surface area (Å²) in [5.74, 6) is 1.15. The number of amides is 1. The lowest BCUT2D eigenvalue weighted by Crippen LogP contribution is -2.51. The molecule has 0 spiro atoms. The number of para-hydroxylation sites is 1. The first-order valence-corrected chi connectivity index (χ1v) is 8.31. The summed E-state index contributed by atoms with van der Waals surface area (Å²) in [5.41, 5.74) is 7.20. The third-order valence-electron chi connectivity index (χ3n) is 5.20. The fourth-order valence-corrected chi connectivity index (χ4v) is 3.71. The number of benzene rings is 1. The number of nitrogens with two attached hydrogens (primary N) is 1. The van der Waals surface area contributed by atoms with Crippen molar-refractivity contribution in [2.24, 2.45) is 5.73 Å². The molecule has 22 heavy (non-hydrogen) atoms. The van der Waals surface area contributed by atoms with E-state index in [1.807, 2.05) is 18.2 Å². The molecule has 120 valence electrons. The van der Waals surface area contributed by atoms with Crippen LogP contribution in [0.25, 0.3) is 0 Å². The number of ether oxygens (including phenoxy) is 1. The van der Waals surface area contributed by atoms with Gasteiger partial charge in [-0.15, -0.1) is 0 Å². The summed E-state index contributed by atoms with van der Waals surface area (Å²) >= 11 is 0. The molecule has 0 unspecified atom stereocenters. The van der Waals surface area contributed by atoms with Crippen molar-refractivity contribution in [3.05, 3.63) is 29.8 Å². The molecule has 1 aromatic rings. The van der Waals surface area contributed by atoms with Gasteiger partial charge in [-0.1, -0.05) is 18.2 Å². The fraction of sp³-hybridized carbons (Fsp3) is 0.611. The summed E-state index contributed by atoms with van der Waals surface area (Å²) in [6.45, 7) is 0.870. The molecular weight excluding hydrogens is 276 g/mol. The third kappa shape index (κ3) is 3.12. The molecule has 1 heterocycles. The van der Waals surface area contributed by atoms with Crippen LogP contribution in [0.3, 0.4) is 0 Å². The van der Waals surface area contributed by atoms with Crippen LogP contribution in [0.5, 0.6) is 5.75 Å². The van der Waals surface area contributed by atoms with Gasteiger partial charge in [0.25, 0.3) is 0 Å². The van der Waals surface area contributed by atoms with E-state index in [9.17, 15) is 4.79 Å². The zero-order valence-corrected chi connectivity index (χ0v) is 13.4. The van der Waals surface area contributed by atoms with E-state index in [-0.39, 0.29) is 17.5 Å². The molecule has 0 bridgehead atoms. The van der Waals surface area contributed by atoms with Crippen LogP contribution in [-0.4, -0.2) is 36.0 Å². The minimum absolute atomic E-state index is 0.228. The van der Waals surface area contributed by atoms with Crippen molar-refractivity contribution in [3.63, 3.8) is 0 Å². The highest BCUT2D eigenvalue weighted by atomic mass is 16.5. The summed E-state index contributed by atoms with van der Waals surface area (Å²) in [6.07, 6.45) is 6.68. The van der Waals surface area contributed by atoms with Gasteiger partial charge >= 0.3 is 0 Å². The Morgan fingerprint density at radius 2 is 2.14 bits per heavy atom. The minimum Gasteiger partial charge on any atom is -0.496 e. The molecule has 1 saturated heterocycles. The van der Waals surface area contributed by atoms with Crippen LogP contribution in [0.15, 0.2) is 24.3 Å². The minimum atomic E-state index is -0.228. The van der Waals surface area contributed by atoms with Crippen molar-refractivity contribution >= 4 is 5.91 Å². The lowest BCUT2D eigenvalue weighted by Gasteiger charge is -2.39. The van der Waals surface area contributed by atoms with E-state index in [4.69, 9.17) is 10.5 Å². The molecular formula is C18H26N2O2. The van der Waals surface area contributed by atoms with Crippen LogP contribution in [0.4, 0.5) is 0 Å². The van der Waals surface area contributed by atoms with E-state index in [2.05, 4.69) is 11.0 Å². The smallest absolute Gasteiger partial charge is 0.224 e. The Labute approximate surface area is 132 Å². The Balaban J connectivity index is 1.66. The zero-order chi connectivity index (χ0) is 15.6. The lowest BCUT2D eigenvalue weighted by atomic mass is 9.75. The molecule has 4 nitrogen and oxygen atoms in total. The quantitative estimate of drug-likeness (QED) is 0.909. The normalized spacial score (nSPS) is 23.2. The van der Waals surface area contributed by atoms with Gasteiger partial charge in [-0.05, 0) is 50.2 Å². The van der Waals surface area contributed by atoms with E-state index in [0.717, 1.165) is 50.8 Å². The summed E-state index contributed by atoms with van der Waals surface area (Å²) in [4.78, 5) is 14.7. The Kier molecular flexibility index (Phi) is 4.39. The number of rotatable bonds is 5. The second-order valence-corrected chi connectivity index (χ2v) is 6.79. The number of methoxy groups -OCH3 is 1. The predicted molar refractivity (Wildman–Crippen MR) is 86.8 cm³/mol. The Morgan fingerprint density at radius 3 is 2.82 bits per heavy atom. The summed E-state index contributed by atoms with van der Waals surface area (Å²) in [5, 5.41) is 0. The van der Waals surface area contributed by atoms with Crippen LogP contribution < -0.4 is 10.5 Å². The maximum atomic E-state index is 12.6. The second-order valence-electron chi connectivity index (χ2n) is 6.79. The lowest BCUT2D eigenvalue weighted by molar-refractivity contribution is -0.134. The molecule has 3 rings (SSSR count). The summed E-state index contributed by atoms with van der Waals surface area (Å²) < 4.78 is 5.44. The highest BCUT2D eigenvalue weighted by molar-refractivity contribution is 5.78. The van der Waals surface area contributed by atoms with Gasteiger partial charge in [-0.3, -0.25) is 4.79 Å². The zero-order valence-electron chi connectivity index (χ0n) is 13.4. The van der Waals surface area contributed by atoms with Gasteiger partial charge in [0.15, 0.2) is 0 Å². The average Bonchev–Trinajstić information content (AvgIpc) is 2.94. The largest absolute Gasteiger partial charge is 0.496 e. The van der Waals surface area contributed by atoms with E-state index < -0.39 is 0 Å². The van der Waals surface area contributed by atoms with Crippen molar-refractivity contribution in [2.45, 2.75) is 56.5 Å². The standard InChI is InChI=1S/C18H26N2O2/c1-22-16-8-3-2-6-14(16)12-15-7-4-11-20(15)17(21)13-18(19)9-5-10-18/h2-3,6,8,15H,4-5,7,9-13,19H2,1H3/t15-/m0/s1. The van der Waals surface area contributed by atoms with Gasteiger partial charge in [0, 0.05) is 24.5 Å². The highest BCUT2D eigenvalue weighted by Gasteiger charge is 2.38. The van der Waals surface area contributed by atoms with Crippen molar-refractivity contribution < 1.29 is 9.53 Å². The van der Waals surface area contributed by atoms with Gasteiger partial charge in [0.05, 0.1) is 7.11 Å². The predicted octanol–water partition coefficient (Wildman–Crippen LogP) is 2.50. The van der Waals surface area contributed by atoms with Gasteiger partial charge in [-0.2, -0.15) is 0 Å². The third-order valence-corrected chi connectivity index (χ3v) is 5.20. The van der Waals surface area contributed by atoms with Gasteiger partial charge in [-0.25, -0.2) is 0 Å². The topological polar surface area (TPSA) is 55.6 Å². The number of nitrogens with zero attached hydrogens (tertiary/aromatic N) is 1. The molecule has 1 atom stereocenters. The molecule has 1 aromatic carbocycles. The van der Waals surface area contributed by atoms with Gasteiger partial charge < -0.3 is 15.4 Å². The van der Waals surface area contributed by atoms with Crippen LogP contribution >= 0.6 is 0 Å². The Morgan fingerprint density at radius 1 is 1.36 bits per heavy atom. The molecule has 0 aromatic heterocycles. The van der Waals surface area contributed by atoms with Crippen molar-refractivity contribution in [1.29, 1.82) is 0 Å². The van der Waals surface area contributed by atoms with Gasteiger partial charge in [0.1, 0.15) is 5.75 Å². The molecule has 1 saturated carbocycles. The van der Waals surface area contributed by atoms with Crippen LogP contribution in [-0.2, 0) is 11.2 Å². The number of carbonyl (C=O) groups excluding carboxylic acids is 1. The number of likely N-dealkylation sites (tertiary alicyclic amines) is 1. The maximum Gasteiger partial charge on any atom is 0.224 e. The monoisotopic (exact) mass is 302 g/mol. The second kappa shape index (κ2) is 6.29. The molecule has 2 aliphatic rings. The first-order chi connectivity index (χ1) is 10.6. The van der Waals surface area contributed by atoms with Crippen LogP contribution in [0, 0.1) is 0 Å². The molecule has 0 radical (unpaired) electrons. The SMILES string of the molecule is COc1ccccc1C[C@@H]1CCCN1C(=O)CC1(N)CCC1.